The highest BCUT2D eigenvalue weighted by atomic mass is 35.5. The highest BCUT2D eigenvalue weighted by molar-refractivity contribution is 7.89. The van der Waals surface area contributed by atoms with Gasteiger partial charge in [0.15, 0.2) is 0 Å². The molecule has 0 heterocycles. The number of halogens is 1. The summed E-state index contributed by atoms with van der Waals surface area (Å²) in [4.78, 5) is 11.0. The van der Waals surface area contributed by atoms with Crippen LogP contribution in [0.4, 0.5) is 0 Å². The fourth-order valence-corrected chi connectivity index (χ4v) is 2.50. The van der Waals surface area contributed by atoms with Crippen LogP contribution >= 0.6 is 12.4 Å². The summed E-state index contributed by atoms with van der Waals surface area (Å²) in [7, 11) is -3.60. The van der Waals surface area contributed by atoms with Gasteiger partial charge in [0, 0.05) is 12.1 Å². The lowest BCUT2D eigenvalue weighted by atomic mass is 10.2. The Bertz CT molecular complexity index is 520. The smallest absolute Gasteiger partial charge is 0.248 e. The Hall–Kier alpha value is -1.15. The topological polar surface area (TPSA) is 115 Å². The van der Waals surface area contributed by atoms with Crippen LogP contribution in [0.2, 0.25) is 0 Å². The molecule has 0 saturated heterocycles. The third-order valence-electron chi connectivity index (χ3n) is 2.35. The van der Waals surface area contributed by atoms with Gasteiger partial charge < -0.3 is 11.5 Å². The molecule has 19 heavy (non-hydrogen) atoms. The van der Waals surface area contributed by atoms with Crippen molar-refractivity contribution in [1.29, 1.82) is 0 Å². The standard InChI is InChI=1S/C11H17N3O3S.ClH/c12-6-1-2-7-14-18(16,17)10-5-3-4-9(8-10)11(13)15;/h3-5,8,14H,1-2,6-7,12H2,(H2,13,15);1H. The molecule has 0 bridgehead atoms. The average Bonchev–Trinajstić information content (AvgIpc) is 2.35. The second-order valence-electron chi connectivity index (χ2n) is 3.79. The van der Waals surface area contributed by atoms with E-state index in [9.17, 15) is 13.2 Å². The van der Waals surface area contributed by atoms with Gasteiger partial charge in [0.05, 0.1) is 4.90 Å². The van der Waals surface area contributed by atoms with Crippen molar-refractivity contribution < 1.29 is 13.2 Å². The van der Waals surface area contributed by atoms with E-state index in [1.807, 2.05) is 0 Å². The van der Waals surface area contributed by atoms with E-state index in [0.717, 1.165) is 6.42 Å². The molecule has 0 aliphatic rings. The van der Waals surface area contributed by atoms with Gasteiger partial charge >= 0.3 is 0 Å². The van der Waals surface area contributed by atoms with Gasteiger partial charge in [-0.3, -0.25) is 4.79 Å². The first-order valence-corrected chi connectivity index (χ1v) is 7.05. The number of carbonyl (C=O) groups excluding carboxylic acids is 1. The van der Waals surface area contributed by atoms with E-state index in [1.165, 1.54) is 24.3 Å². The maximum absolute atomic E-state index is 11.9. The predicted molar refractivity (Wildman–Crippen MR) is 75.7 cm³/mol. The minimum Gasteiger partial charge on any atom is -0.366 e. The SMILES string of the molecule is Cl.NCCCCNS(=O)(=O)c1cccc(C(N)=O)c1. The van der Waals surface area contributed by atoms with Gasteiger partial charge in [-0.25, -0.2) is 13.1 Å². The molecule has 6 nitrogen and oxygen atoms in total. The summed E-state index contributed by atoms with van der Waals surface area (Å²) >= 11 is 0. The highest BCUT2D eigenvalue weighted by Crippen LogP contribution is 2.11. The Morgan fingerprint density at radius 3 is 2.53 bits per heavy atom. The number of sulfonamides is 1. The first-order chi connectivity index (χ1) is 8.47. The Morgan fingerprint density at radius 1 is 1.26 bits per heavy atom. The number of nitrogens with one attached hydrogen (secondary N) is 1. The molecule has 0 saturated carbocycles. The molecule has 0 unspecified atom stereocenters. The molecule has 0 aromatic heterocycles. The van der Waals surface area contributed by atoms with Crippen molar-refractivity contribution in [3.05, 3.63) is 29.8 Å². The zero-order chi connectivity index (χ0) is 13.6. The van der Waals surface area contributed by atoms with Crippen molar-refractivity contribution in [2.75, 3.05) is 13.1 Å². The fraction of sp³-hybridized carbons (Fsp3) is 0.364. The van der Waals surface area contributed by atoms with Crippen LogP contribution in [0.3, 0.4) is 0 Å². The molecule has 0 spiro atoms. The first-order valence-electron chi connectivity index (χ1n) is 5.57. The van der Waals surface area contributed by atoms with Gasteiger partial charge in [0.1, 0.15) is 0 Å². The molecule has 5 N–H and O–H groups in total. The minimum absolute atomic E-state index is 0. The average molecular weight is 308 g/mol. The Balaban J connectivity index is 0.00000324. The van der Waals surface area contributed by atoms with Gasteiger partial charge in [-0.2, -0.15) is 0 Å². The second-order valence-corrected chi connectivity index (χ2v) is 5.55. The molecule has 1 rings (SSSR count). The Labute approximate surface area is 119 Å². The summed E-state index contributed by atoms with van der Waals surface area (Å²) in [6.45, 7) is 0.846. The van der Waals surface area contributed by atoms with Gasteiger partial charge in [-0.15, -0.1) is 12.4 Å². The number of nitrogens with two attached hydrogens (primary N) is 2. The van der Waals surface area contributed by atoms with Crippen molar-refractivity contribution in [1.82, 2.24) is 4.72 Å². The van der Waals surface area contributed by atoms with Gasteiger partial charge in [0.2, 0.25) is 15.9 Å². The summed E-state index contributed by atoms with van der Waals surface area (Å²) in [5.41, 5.74) is 10.6. The number of rotatable bonds is 7. The van der Waals surface area contributed by atoms with Gasteiger partial charge in [-0.1, -0.05) is 6.07 Å². The molecule has 0 radical (unpaired) electrons. The van der Waals surface area contributed by atoms with E-state index in [2.05, 4.69) is 4.72 Å². The van der Waals surface area contributed by atoms with Crippen LogP contribution in [0.5, 0.6) is 0 Å². The zero-order valence-electron chi connectivity index (χ0n) is 10.3. The van der Waals surface area contributed by atoms with Crippen molar-refractivity contribution in [2.24, 2.45) is 11.5 Å². The zero-order valence-corrected chi connectivity index (χ0v) is 12.0. The molecular formula is C11H18ClN3O3S. The summed E-state index contributed by atoms with van der Waals surface area (Å²) in [5, 5.41) is 0. The summed E-state index contributed by atoms with van der Waals surface area (Å²) < 4.78 is 26.2. The van der Waals surface area contributed by atoms with E-state index in [4.69, 9.17) is 11.5 Å². The molecule has 1 aromatic carbocycles. The number of primary amides is 1. The van der Waals surface area contributed by atoms with Crippen LogP contribution < -0.4 is 16.2 Å². The summed E-state index contributed by atoms with van der Waals surface area (Å²) in [5.74, 6) is -0.657. The molecule has 0 fully saturated rings. The number of hydrogen-bond acceptors (Lipinski definition) is 4. The summed E-state index contributed by atoms with van der Waals surface area (Å²) in [6, 6.07) is 5.62. The van der Waals surface area contributed by atoms with E-state index in [-0.39, 0.29) is 22.9 Å². The number of benzene rings is 1. The van der Waals surface area contributed by atoms with Crippen LogP contribution in [0, 0.1) is 0 Å². The number of carbonyl (C=O) groups is 1. The molecule has 8 heteroatoms. The Morgan fingerprint density at radius 2 is 1.95 bits per heavy atom. The highest BCUT2D eigenvalue weighted by Gasteiger charge is 2.14. The van der Waals surface area contributed by atoms with Gasteiger partial charge in [-0.05, 0) is 37.6 Å². The van der Waals surface area contributed by atoms with Crippen molar-refractivity contribution in [2.45, 2.75) is 17.7 Å². The number of hydrogen-bond donors (Lipinski definition) is 3. The quantitative estimate of drug-likeness (QED) is 0.625. The van der Waals surface area contributed by atoms with E-state index < -0.39 is 15.9 Å². The fourth-order valence-electron chi connectivity index (χ4n) is 1.38. The van der Waals surface area contributed by atoms with Crippen LogP contribution in [0.1, 0.15) is 23.2 Å². The third kappa shape index (κ3) is 5.56. The maximum Gasteiger partial charge on any atom is 0.248 e. The van der Waals surface area contributed by atoms with Gasteiger partial charge in [0.25, 0.3) is 0 Å². The third-order valence-corrected chi connectivity index (χ3v) is 3.81. The molecular weight excluding hydrogens is 290 g/mol. The Kier molecular flexibility index (Phi) is 7.62. The van der Waals surface area contributed by atoms with E-state index >= 15 is 0 Å². The van der Waals surface area contributed by atoms with Crippen molar-refractivity contribution >= 4 is 28.3 Å². The first kappa shape index (κ1) is 17.8. The minimum atomic E-state index is -3.60. The van der Waals surface area contributed by atoms with Crippen molar-refractivity contribution in [3.8, 4) is 0 Å². The van der Waals surface area contributed by atoms with Crippen LogP contribution in [-0.4, -0.2) is 27.4 Å². The lowest BCUT2D eigenvalue weighted by Gasteiger charge is -2.07. The molecule has 0 aliphatic heterocycles. The largest absolute Gasteiger partial charge is 0.366 e. The lowest BCUT2D eigenvalue weighted by Crippen LogP contribution is -2.25. The summed E-state index contributed by atoms with van der Waals surface area (Å²) in [6.07, 6.45) is 1.43. The lowest BCUT2D eigenvalue weighted by molar-refractivity contribution is 0.1000. The van der Waals surface area contributed by atoms with E-state index in [1.54, 1.807) is 0 Å². The van der Waals surface area contributed by atoms with E-state index in [0.29, 0.717) is 19.5 Å². The molecule has 1 aromatic rings. The monoisotopic (exact) mass is 307 g/mol. The molecule has 1 amide bonds. The number of unbranched alkanes of at least 4 members (excludes halogenated alkanes) is 1. The van der Waals surface area contributed by atoms with Crippen LogP contribution in [0.15, 0.2) is 29.2 Å². The maximum atomic E-state index is 11.9. The molecule has 108 valence electrons. The van der Waals surface area contributed by atoms with Crippen LogP contribution in [0.25, 0.3) is 0 Å². The molecule has 0 atom stereocenters. The normalized spacial score (nSPS) is 10.8. The predicted octanol–water partition coefficient (Wildman–Crippen LogP) is 0.225. The molecule has 0 aliphatic carbocycles. The van der Waals surface area contributed by atoms with Crippen molar-refractivity contribution in [3.63, 3.8) is 0 Å². The second kappa shape index (κ2) is 8.11. The van der Waals surface area contributed by atoms with Crippen LogP contribution in [-0.2, 0) is 10.0 Å². The number of amides is 1.